The summed E-state index contributed by atoms with van der Waals surface area (Å²) >= 11 is 0. The molecule has 1 saturated heterocycles. The summed E-state index contributed by atoms with van der Waals surface area (Å²) in [6.07, 6.45) is 1.61. The van der Waals surface area contributed by atoms with Crippen molar-refractivity contribution >= 4 is 29.6 Å². The van der Waals surface area contributed by atoms with Gasteiger partial charge in [0, 0.05) is 17.1 Å². The highest BCUT2D eigenvalue weighted by Crippen LogP contribution is 2.25. The zero-order valence-electron chi connectivity index (χ0n) is 19.4. The van der Waals surface area contributed by atoms with E-state index in [2.05, 4.69) is 33.4 Å². The Balaban J connectivity index is 1.55. The van der Waals surface area contributed by atoms with Gasteiger partial charge >= 0.3 is 6.03 Å². The van der Waals surface area contributed by atoms with Gasteiger partial charge < -0.3 is 15.2 Å². The topological polar surface area (TPSA) is 83.4 Å². The lowest BCUT2D eigenvalue weighted by molar-refractivity contribution is -0.127. The summed E-state index contributed by atoms with van der Waals surface area (Å²) in [6.45, 7) is 7.46. The number of nitrogens with zero attached hydrogens (tertiary/aromatic N) is 2. The summed E-state index contributed by atoms with van der Waals surface area (Å²) in [5.74, 6) is -1.90. The minimum atomic E-state index is -0.706. The normalized spacial score (nSPS) is 14.6. The lowest BCUT2D eigenvalue weighted by Crippen LogP contribution is -2.38. The van der Waals surface area contributed by atoms with Crippen LogP contribution < -0.4 is 10.6 Å². The van der Waals surface area contributed by atoms with Crippen molar-refractivity contribution in [2.75, 3.05) is 11.9 Å². The maximum atomic E-state index is 13.8. The van der Waals surface area contributed by atoms with Crippen molar-refractivity contribution in [3.05, 3.63) is 88.1 Å². The van der Waals surface area contributed by atoms with E-state index in [-0.39, 0.29) is 11.4 Å². The fourth-order valence-corrected chi connectivity index (χ4v) is 4.18. The molecule has 4 amide bonds. The largest absolute Gasteiger partial charge is 0.329 e. The van der Waals surface area contributed by atoms with Crippen LogP contribution >= 0.6 is 0 Å². The molecular weight excluding hydrogens is 435 g/mol. The molecule has 34 heavy (non-hydrogen) atoms. The number of nitrogens with one attached hydrogen (secondary N) is 2. The van der Waals surface area contributed by atoms with Crippen molar-refractivity contribution in [3.8, 4) is 5.69 Å². The Hall–Kier alpha value is -4.20. The number of hydrogen-bond acceptors (Lipinski definition) is 3. The van der Waals surface area contributed by atoms with E-state index in [0.717, 1.165) is 38.7 Å². The van der Waals surface area contributed by atoms with Gasteiger partial charge in [0.2, 0.25) is 5.91 Å². The third-order valence-electron chi connectivity index (χ3n) is 5.65. The molecule has 1 aliphatic heterocycles. The first-order chi connectivity index (χ1) is 16.1. The standard InChI is InChI=1S/C26H25FN4O3/c1-15-9-16(2)11-20(10-15)31-17(3)12-19(18(31)4)13-23-25(33)30(26(34)29-23)14-24(32)28-22-8-6-5-7-21(22)27/h5-13H,14H2,1-4H3,(H,28,32)(H,29,34)/b23-13+. The van der Waals surface area contributed by atoms with Crippen molar-refractivity contribution in [2.45, 2.75) is 27.7 Å². The molecule has 4 rings (SSSR count). The molecule has 2 heterocycles. The fraction of sp³-hybridized carbons (Fsp3) is 0.192. The monoisotopic (exact) mass is 460 g/mol. The number of benzene rings is 2. The maximum absolute atomic E-state index is 13.8. The average molecular weight is 461 g/mol. The smallest absolute Gasteiger partial charge is 0.322 e. The van der Waals surface area contributed by atoms with Crippen molar-refractivity contribution in [3.63, 3.8) is 0 Å². The molecular formula is C26H25FN4O3. The van der Waals surface area contributed by atoms with Gasteiger partial charge in [0.05, 0.1) is 5.69 Å². The zero-order valence-corrected chi connectivity index (χ0v) is 19.4. The van der Waals surface area contributed by atoms with E-state index in [1.165, 1.54) is 18.2 Å². The second-order valence-electron chi connectivity index (χ2n) is 8.42. The zero-order chi connectivity index (χ0) is 24.6. The Labute approximate surface area is 196 Å². The Kier molecular flexibility index (Phi) is 6.06. The molecule has 2 aromatic carbocycles. The number of rotatable bonds is 5. The molecule has 3 aromatic rings. The predicted molar refractivity (Wildman–Crippen MR) is 128 cm³/mol. The molecule has 1 aromatic heterocycles. The number of para-hydroxylation sites is 1. The number of aryl methyl sites for hydroxylation is 3. The van der Waals surface area contributed by atoms with Crippen LogP contribution in [0.25, 0.3) is 11.8 Å². The van der Waals surface area contributed by atoms with Crippen molar-refractivity contribution in [1.82, 2.24) is 14.8 Å². The number of anilines is 1. The summed E-state index contributed by atoms with van der Waals surface area (Å²) in [4.78, 5) is 38.4. The third-order valence-corrected chi connectivity index (χ3v) is 5.65. The van der Waals surface area contributed by atoms with E-state index in [4.69, 9.17) is 0 Å². The van der Waals surface area contributed by atoms with Crippen LogP contribution in [0.15, 0.2) is 54.2 Å². The number of aromatic nitrogens is 1. The van der Waals surface area contributed by atoms with Crippen LogP contribution in [-0.2, 0) is 9.59 Å². The van der Waals surface area contributed by atoms with Crippen LogP contribution in [0.1, 0.15) is 28.1 Å². The number of halogens is 1. The quantitative estimate of drug-likeness (QED) is 0.438. The van der Waals surface area contributed by atoms with E-state index in [0.29, 0.717) is 0 Å². The second kappa shape index (κ2) is 8.97. The van der Waals surface area contributed by atoms with E-state index >= 15 is 0 Å². The Morgan fingerprint density at radius 1 is 1.03 bits per heavy atom. The number of hydrogen-bond donors (Lipinski definition) is 2. The highest BCUT2D eigenvalue weighted by atomic mass is 19.1. The van der Waals surface area contributed by atoms with Gasteiger partial charge in [-0.05, 0) is 80.8 Å². The predicted octanol–water partition coefficient (Wildman–Crippen LogP) is 4.38. The first kappa shape index (κ1) is 23.0. The molecule has 0 spiro atoms. The first-order valence-electron chi connectivity index (χ1n) is 10.8. The second-order valence-corrected chi connectivity index (χ2v) is 8.42. The lowest BCUT2D eigenvalue weighted by Gasteiger charge is -2.12. The van der Waals surface area contributed by atoms with Crippen LogP contribution in [0.2, 0.25) is 0 Å². The third kappa shape index (κ3) is 4.47. The van der Waals surface area contributed by atoms with E-state index in [9.17, 15) is 18.8 Å². The van der Waals surface area contributed by atoms with Crippen LogP contribution in [0.3, 0.4) is 0 Å². The number of urea groups is 1. The molecule has 0 saturated carbocycles. The van der Waals surface area contributed by atoms with Crippen LogP contribution in [-0.4, -0.2) is 33.9 Å². The van der Waals surface area contributed by atoms with E-state index in [1.54, 1.807) is 12.1 Å². The summed E-state index contributed by atoms with van der Waals surface area (Å²) in [5, 5.41) is 4.91. The first-order valence-corrected chi connectivity index (χ1v) is 10.8. The minimum Gasteiger partial charge on any atom is -0.322 e. The molecule has 0 aliphatic carbocycles. The van der Waals surface area contributed by atoms with Gasteiger partial charge in [0.15, 0.2) is 0 Å². The Morgan fingerprint density at radius 3 is 2.38 bits per heavy atom. The van der Waals surface area contributed by atoms with Gasteiger partial charge in [-0.15, -0.1) is 0 Å². The molecule has 1 aliphatic rings. The Bertz CT molecular complexity index is 1340. The van der Waals surface area contributed by atoms with Crippen molar-refractivity contribution < 1.29 is 18.8 Å². The number of carbonyl (C=O) groups excluding carboxylic acids is 3. The van der Waals surface area contributed by atoms with Gasteiger partial charge in [0.25, 0.3) is 5.91 Å². The lowest BCUT2D eigenvalue weighted by atomic mass is 10.1. The average Bonchev–Trinajstić information content (AvgIpc) is 3.18. The fourth-order valence-electron chi connectivity index (χ4n) is 4.18. The van der Waals surface area contributed by atoms with Crippen molar-refractivity contribution in [1.29, 1.82) is 0 Å². The summed E-state index contributed by atoms with van der Waals surface area (Å²) in [5.41, 5.74) is 6.02. The van der Waals surface area contributed by atoms with Gasteiger partial charge in [-0.1, -0.05) is 18.2 Å². The highest BCUT2D eigenvalue weighted by Gasteiger charge is 2.35. The van der Waals surface area contributed by atoms with Crippen LogP contribution in [0.5, 0.6) is 0 Å². The molecule has 174 valence electrons. The number of carbonyl (C=O) groups is 3. The van der Waals surface area contributed by atoms with E-state index in [1.807, 2.05) is 33.8 Å². The van der Waals surface area contributed by atoms with Gasteiger partial charge in [-0.25, -0.2) is 14.1 Å². The van der Waals surface area contributed by atoms with Gasteiger partial charge in [0.1, 0.15) is 18.1 Å². The number of imide groups is 1. The minimum absolute atomic E-state index is 0.0193. The molecule has 8 heteroatoms. The molecule has 0 unspecified atom stereocenters. The summed E-state index contributed by atoms with van der Waals surface area (Å²) in [7, 11) is 0. The molecule has 0 radical (unpaired) electrons. The summed E-state index contributed by atoms with van der Waals surface area (Å²) in [6, 6.07) is 13.2. The Morgan fingerprint density at radius 2 is 1.71 bits per heavy atom. The van der Waals surface area contributed by atoms with Crippen LogP contribution in [0.4, 0.5) is 14.9 Å². The molecule has 2 N–H and O–H groups in total. The van der Waals surface area contributed by atoms with Crippen molar-refractivity contribution in [2.24, 2.45) is 0 Å². The SMILES string of the molecule is Cc1cc(C)cc(-n2c(C)cc(/C=C3/NC(=O)N(CC(=O)Nc4ccccc4F)C3=O)c2C)c1. The van der Waals surface area contributed by atoms with E-state index < -0.39 is 30.2 Å². The van der Waals surface area contributed by atoms with Crippen LogP contribution in [0, 0.1) is 33.5 Å². The molecule has 7 nitrogen and oxygen atoms in total. The highest BCUT2D eigenvalue weighted by molar-refractivity contribution is 6.16. The number of amides is 4. The molecule has 0 bridgehead atoms. The van der Waals surface area contributed by atoms with Gasteiger partial charge in [-0.3, -0.25) is 9.59 Å². The summed E-state index contributed by atoms with van der Waals surface area (Å²) < 4.78 is 15.9. The maximum Gasteiger partial charge on any atom is 0.329 e. The molecule has 0 atom stereocenters. The molecule has 1 fully saturated rings. The van der Waals surface area contributed by atoms with Gasteiger partial charge in [-0.2, -0.15) is 0 Å².